The van der Waals surface area contributed by atoms with Gasteiger partial charge in [0.05, 0.1) is 14.1 Å². The number of nitrogens with one attached hydrogen (secondary N) is 4. The number of carbonyl (C=O) groups excluding carboxylic acids is 5. The number of carbonyl (C=O) groups is 6. The third kappa shape index (κ3) is 15.5. The zero-order valence-electron chi connectivity index (χ0n) is 34.1. The van der Waals surface area contributed by atoms with Crippen LogP contribution in [0.1, 0.15) is 84.6 Å². The minimum absolute atomic E-state index is 0.0126. The van der Waals surface area contributed by atoms with Gasteiger partial charge in [0.2, 0.25) is 29.5 Å². The summed E-state index contributed by atoms with van der Waals surface area (Å²) in [7, 11) is -2.17. The van der Waals surface area contributed by atoms with Crippen LogP contribution in [-0.2, 0) is 35.2 Å². The molecule has 1 aromatic rings. The maximum atomic E-state index is 14.3. The Morgan fingerprint density at radius 2 is 1.41 bits per heavy atom. The average Bonchev–Trinajstić information content (AvgIpc) is 3.47. The summed E-state index contributed by atoms with van der Waals surface area (Å²) in [5.74, 6) is -4.36. The van der Waals surface area contributed by atoms with Gasteiger partial charge in [-0.1, -0.05) is 65.8 Å². The van der Waals surface area contributed by atoms with Crippen molar-refractivity contribution < 1.29 is 39.0 Å². The number of benzene rings is 1. The molecule has 1 aromatic carbocycles. The Balaban J connectivity index is 2.43. The lowest BCUT2D eigenvalue weighted by atomic mass is 9.96. The molecular formula is C39H68N8O8Si. The Morgan fingerprint density at radius 1 is 0.821 bits per heavy atom. The number of carboxylic acids is 1. The molecule has 16 nitrogen and oxygen atoms in total. The molecule has 1 aliphatic rings. The third-order valence-corrected chi connectivity index (χ3v) is 13.0. The monoisotopic (exact) mass is 804 g/mol. The Morgan fingerprint density at radius 3 is 1.96 bits per heavy atom. The molecule has 0 spiro atoms. The second-order valence-electron chi connectivity index (χ2n) is 16.4. The Kier molecular flexibility index (Phi) is 20.0. The van der Waals surface area contributed by atoms with Gasteiger partial charge < -0.3 is 53.6 Å². The lowest BCUT2D eigenvalue weighted by molar-refractivity contribution is -0.143. The lowest BCUT2D eigenvalue weighted by Crippen LogP contribution is -2.60. The summed E-state index contributed by atoms with van der Waals surface area (Å²) < 4.78 is 0. The molecule has 0 aliphatic carbocycles. The number of carboxylic acid groups (broad SMARTS) is 1. The summed E-state index contributed by atoms with van der Waals surface area (Å²) in [5.41, 5.74) is 18.1. The van der Waals surface area contributed by atoms with Crippen LogP contribution < -0.4 is 38.5 Å². The fraction of sp³-hybridized carbons (Fsp3) is 0.692. The van der Waals surface area contributed by atoms with Crippen LogP contribution in [0, 0.1) is 11.8 Å². The summed E-state index contributed by atoms with van der Waals surface area (Å²) in [6.07, 6.45) is 4.28. The Hall–Kier alpha value is -4.06. The maximum absolute atomic E-state index is 14.3. The number of rotatable bonds is 24. The fourth-order valence-corrected chi connectivity index (χ4v) is 9.74. The molecule has 0 bridgehead atoms. The van der Waals surface area contributed by atoms with E-state index in [0.717, 1.165) is 0 Å². The van der Waals surface area contributed by atoms with E-state index in [1.54, 1.807) is 19.1 Å². The highest BCUT2D eigenvalue weighted by Crippen LogP contribution is 2.28. The zero-order valence-corrected chi connectivity index (χ0v) is 35.1. The molecule has 1 fully saturated rings. The van der Waals surface area contributed by atoms with Crippen LogP contribution in [0.5, 0.6) is 5.75 Å². The van der Waals surface area contributed by atoms with Gasteiger partial charge in [0.1, 0.15) is 36.0 Å². The van der Waals surface area contributed by atoms with Crippen LogP contribution in [0.3, 0.4) is 0 Å². The quantitative estimate of drug-likeness (QED) is 0.0527. The number of unbranched alkanes of at least 4 members (excludes halogenated alkanes) is 2. The molecule has 1 heterocycles. The first-order chi connectivity index (χ1) is 26.3. The van der Waals surface area contributed by atoms with Gasteiger partial charge in [0.25, 0.3) is 0 Å². The summed E-state index contributed by atoms with van der Waals surface area (Å²) in [6, 6.07) is 0.340. The molecule has 0 aromatic heterocycles. The van der Waals surface area contributed by atoms with Gasteiger partial charge in [-0.15, -0.1) is 0 Å². The maximum Gasteiger partial charge on any atom is 0.326 e. The zero-order chi connectivity index (χ0) is 42.2. The molecule has 0 radical (unpaired) electrons. The predicted octanol–water partition coefficient (Wildman–Crippen LogP) is 1.09. The number of aliphatic carboxylic acids is 1. The topological polar surface area (TPSA) is 272 Å². The van der Waals surface area contributed by atoms with Gasteiger partial charge in [-0.25, -0.2) is 4.79 Å². The highest BCUT2D eigenvalue weighted by Gasteiger charge is 2.47. The average molecular weight is 805 g/mol. The van der Waals surface area contributed by atoms with Crippen molar-refractivity contribution in [2.24, 2.45) is 29.0 Å². The van der Waals surface area contributed by atoms with Crippen LogP contribution in [0.25, 0.3) is 0 Å². The summed E-state index contributed by atoms with van der Waals surface area (Å²) in [5, 5.41) is 30.7. The molecule has 7 atom stereocenters. The molecule has 1 aliphatic heterocycles. The molecule has 2 rings (SSSR count). The molecule has 0 saturated carbocycles. The van der Waals surface area contributed by atoms with Crippen molar-refractivity contribution in [2.75, 3.05) is 19.3 Å². The molecule has 0 unspecified atom stereocenters. The van der Waals surface area contributed by atoms with E-state index in [1.165, 1.54) is 17.0 Å². The molecule has 316 valence electrons. The number of phenols is 1. The van der Waals surface area contributed by atoms with Gasteiger partial charge in [-0.3, -0.25) is 24.0 Å². The molecule has 56 heavy (non-hydrogen) atoms. The third-order valence-electron chi connectivity index (χ3n) is 10.3. The number of nitrogens with two attached hydrogens (primary N) is 3. The number of hydrogen-bond acceptors (Lipinski definition) is 10. The number of amides is 5. The molecule has 17 heteroatoms. The largest absolute Gasteiger partial charge is 0.508 e. The lowest BCUT2D eigenvalue weighted by Gasteiger charge is -2.31. The highest BCUT2D eigenvalue weighted by molar-refractivity contribution is 6.79. The normalized spacial score (nSPS) is 18.2. The molecule has 12 N–H and O–H groups in total. The number of aromatic hydroxyl groups is 1. The Labute approximate surface area is 332 Å². The first-order valence-electron chi connectivity index (χ1n) is 20.0. The summed E-state index contributed by atoms with van der Waals surface area (Å²) in [4.78, 5) is 83.0. The van der Waals surface area contributed by atoms with Gasteiger partial charge >= 0.3 is 5.97 Å². The molecule has 5 amide bonds. The second kappa shape index (κ2) is 23.2. The van der Waals surface area contributed by atoms with E-state index in [2.05, 4.69) is 34.4 Å². The molecular weight excluding hydrogens is 737 g/mol. The minimum Gasteiger partial charge on any atom is -0.508 e. The predicted molar refractivity (Wildman–Crippen MR) is 218 cm³/mol. The van der Waals surface area contributed by atoms with Gasteiger partial charge in [-0.2, -0.15) is 0 Å². The van der Waals surface area contributed by atoms with E-state index in [1.807, 2.05) is 20.8 Å². The van der Waals surface area contributed by atoms with E-state index in [-0.39, 0.29) is 24.5 Å². The standard InChI is InChI=1S/C39H68N8O8Si/c1-7-25(4)33(37(52)45-31(39(54)55)20-24(2)3)46-35(50)30(21-26-14-16-27(48)17-15-26)44-36(51)32-22-56(5,6)23-47(32)38(53)29(13-9-11-19-41)43-34(49)28(42)12-8-10-18-40/h14-17,24-25,28-33,48H,7-13,18-23,40-42H2,1-6H3,(H,43,49)(H,44,51)(H,45,52)(H,46,50)(H,54,55)/t25-,28-,29-,30-,31-,32-,33-/m0/s1. The van der Waals surface area contributed by atoms with Crippen molar-refractivity contribution >= 4 is 43.6 Å². The van der Waals surface area contributed by atoms with E-state index < -0.39 is 85.7 Å². The Bertz CT molecular complexity index is 1460. The SMILES string of the molecule is CC[C@H](C)[C@H](NC(=O)[C@H](Cc1ccc(O)cc1)NC(=O)[C@@H]1C[Si](C)(C)CN1C(=O)[C@H](CCCCN)NC(=O)[C@@H](N)CCCCN)C(=O)N[C@@H](CC(C)C)C(=O)O. The first-order valence-corrected chi connectivity index (χ1v) is 23.4. The van der Waals surface area contributed by atoms with E-state index >= 15 is 0 Å². The van der Waals surface area contributed by atoms with Crippen molar-refractivity contribution in [2.45, 2.75) is 141 Å². The van der Waals surface area contributed by atoms with Crippen molar-refractivity contribution in [3.05, 3.63) is 29.8 Å². The van der Waals surface area contributed by atoms with Gasteiger partial charge in [0.15, 0.2) is 0 Å². The number of phenolic OH excluding ortho intramolecular Hbond substituents is 1. The second-order valence-corrected chi connectivity index (χ2v) is 21.5. The highest BCUT2D eigenvalue weighted by atomic mass is 28.3. The first kappa shape index (κ1) is 48.1. The van der Waals surface area contributed by atoms with Crippen LogP contribution in [-0.4, -0.2) is 114 Å². The van der Waals surface area contributed by atoms with Gasteiger partial charge in [0, 0.05) is 12.6 Å². The van der Waals surface area contributed by atoms with Crippen molar-refractivity contribution in [1.29, 1.82) is 0 Å². The van der Waals surface area contributed by atoms with Crippen LogP contribution >= 0.6 is 0 Å². The summed E-state index contributed by atoms with van der Waals surface area (Å²) >= 11 is 0. The number of hydrogen-bond donors (Lipinski definition) is 9. The van der Waals surface area contributed by atoms with Crippen LogP contribution in [0.4, 0.5) is 0 Å². The van der Waals surface area contributed by atoms with E-state index in [4.69, 9.17) is 17.2 Å². The van der Waals surface area contributed by atoms with Crippen molar-refractivity contribution in [3.8, 4) is 5.75 Å². The van der Waals surface area contributed by atoms with Crippen LogP contribution in [0.15, 0.2) is 24.3 Å². The van der Waals surface area contributed by atoms with Gasteiger partial charge in [-0.05, 0) is 87.2 Å². The van der Waals surface area contributed by atoms with E-state index in [9.17, 15) is 39.0 Å². The van der Waals surface area contributed by atoms with Crippen LogP contribution in [0.2, 0.25) is 19.1 Å². The number of nitrogens with zero attached hydrogens (tertiary/aromatic N) is 1. The fourth-order valence-electron chi connectivity index (χ4n) is 6.86. The summed E-state index contributed by atoms with van der Waals surface area (Å²) in [6.45, 7) is 12.3. The van der Waals surface area contributed by atoms with E-state index in [0.29, 0.717) is 75.8 Å². The van der Waals surface area contributed by atoms with Crippen molar-refractivity contribution in [3.63, 3.8) is 0 Å². The van der Waals surface area contributed by atoms with Crippen molar-refractivity contribution in [1.82, 2.24) is 26.2 Å². The molecule has 1 saturated heterocycles. The smallest absolute Gasteiger partial charge is 0.326 e. The minimum atomic E-state index is -2.17.